The van der Waals surface area contributed by atoms with Gasteiger partial charge in [-0.05, 0) is 59.7 Å². The molecule has 8 nitrogen and oxygen atoms in total. The monoisotopic (exact) mass is 547 g/mol. The number of hydrogen-bond acceptors (Lipinski definition) is 5. The van der Waals surface area contributed by atoms with Gasteiger partial charge in [-0.3, -0.25) is 4.72 Å². The van der Waals surface area contributed by atoms with Gasteiger partial charge in [0.25, 0.3) is 10.0 Å². The maximum absolute atomic E-state index is 13.2. The lowest BCUT2D eigenvalue weighted by Gasteiger charge is -2.22. The molecule has 0 unspecified atom stereocenters. The Morgan fingerprint density at radius 1 is 0.974 bits per heavy atom. The molecule has 0 atom stereocenters. The first kappa shape index (κ1) is 26.8. The van der Waals surface area contributed by atoms with Gasteiger partial charge in [-0.2, -0.15) is 0 Å². The summed E-state index contributed by atoms with van der Waals surface area (Å²) in [4.78, 5) is 16.1. The Labute approximate surface area is 228 Å². The van der Waals surface area contributed by atoms with Crippen LogP contribution in [0.2, 0.25) is 0 Å². The average Bonchev–Trinajstić information content (AvgIpc) is 3.26. The van der Waals surface area contributed by atoms with Gasteiger partial charge < -0.3 is 19.8 Å². The lowest BCUT2D eigenvalue weighted by atomic mass is 9.87. The van der Waals surface area contributed by atoms with Gasteiger partial charge in [0.2, 0.25) is 5.88 Å². The fraction of sp³-hybridized carbons (Fsp3) is 0.300. The van der Waals surface area contributed by atoms with Crippen molar-refractivity contribution in [2.75, 3.05) is 17.9 Å². The smallest absolute Gasteiger partial charge is 0.393 e. The standard InChI is InChI=1S/C30H33N3O5S/c1-30(2,3)21-9-12-24(13-10-21)39(35,36)33-23-11-14-26-25(19-23)27(20-7-5-4-6-8-20)28(32-26)38-29(34)31-22-15-17-37-18-16-22/h4-14,19,22,32-33H,15-18H2,1-3H3,(H,31,34). The van der Waals surface area contributed by atoms with Gasteiger partial charge in [-0.1, -0.05) is 63.2 Å². The van der Waals surface area contributed by atoms with Crippen LogP contribution in [0.3, 0.4) is 0 Å². The number of rotatable bonds is 6. The summed E-state index contributed by atoms with van der Waals surface area (Å²) in [5.41, 5.74) is 3.58. The summed E-state index contributed by atoms with van der Waals surface area (Å²) in [6.07, 6.45) is 0.913. The molecule has 1 fully saturated rings. The number of carbonyl (C=O) groups excluding carboxylic acids is 1. The Kier molecular flexibility index (Phi) is 7.38. The second-order valence-corrected chi connectivity index (χ2v) is 12.4. The van der Waals surface area contributed by atoms with Gasteiger partial charge in [0.1, 0.15) is 0 Å². The molecule has 39 heavy (non-hydrogen) atoms. The largest absolute Gasteiger partial charge is 0.414 e. The zero-order valence-corrected chi connectivity index (χ0v) is 23.1. The number of nitrogens with one attached hydrogen (secondary N) is 3. The number of benzene rings is 3. The van der Waals surface area contributed by atoms with E-state index in [0.29, 0.717) is 35.9 Å². The molecule has 1 amide bonds. The van der Waals surface area contributed by atoms with Crippen molar-refractivity contribution in [2.45, 2.75) is 50.0 Å². The molecule has 0 saturated carbocycles. The van der Waals surface area contributed by atoms with Crippen molar-refractivity contribution in [1.82, 2.24) is 10.3 Å². The van der Waals surface area contributed by atoms with Crippen molar-refractivity contribution in [2.24, 2.45) is 0 Å². The maximum Gasteiger partial charge on any atom is 0.414 e. The lowest BCUT2D eigenvalue weighted by molar-refractivity contribution is 0.0777. The summed E-state index contributed by atoms with van der Waals surface area (Å²) in [6.45, 7) is 7.45. The van der Waals surface area contributed by atoms with E-state index < -0.39 is 16.1 Å². The van der Waals surface area contributed by atoms with Crippen molar-refractivity contribution >= 4 is 32.7 Å². The van der Waals surface area contributed by atoms with Crippen LogP contribution >= 0.6 is 0 Å². The highest BCUT2D eigenvalue weighted by Crippen LogP contribution is 2.39. The lowest BCUT2D eigenvalue weighted by Crippen LogP contribution is -2.40. The zero-order valence-electron chi connectivity index (χ0n) is 22.3. The second-order valence-electron chi connectivity index (χ2n) is 10.8. The van der Waals surface area contributed by atoms with Crippen LogP contribution in [0.5, 0.6) is 5.88 Å². The Balaban J connectivity index is 1.45. The van der Waals surface area contributed by atoms with E-state index in [0.717, 1.165) is 29.4 Å². The molecule has 4 aromatic rings. The molecule has 3 aromatic carbocycles. The van der Waals surface area contributed by atoms with Crippen LogP contribution in [0.15, 0.2) is 77.7 Å². The molecule has 3 N–H and O–H groups in total. The summed E-state index contributed by atoms with van der Waals surface area (Å²) in [7, 11) is -3.82. The van der Waals surface area contributed by atoms with Crippen molar-refractivity contribution in [3.63, 3.8) is 0 Å². The normalized spacial score (nSPS) is 14.7. The number of ether oxygens (including phenoxy) is 2. The molecule has 204 valence electrons. The molecule has 2 heterocycles. The molecule has 1 aliphatic rings. The van der Waals surface area contributed by atoms with Crippen molar-refractivity contribution < 1.29 is 22.7 Å². The zero-order chi connectivity index (χ0) is 27.6. The summed E-state index contributed by atoms with van der Waals surface area (Å²) < 4.78 is 40.2. The Morgan fingerprint density at radius 2 is 1.67 bits per heavy atom. The van der Waals surface area contributed by atoms with Gasteiger partial charge in [0, 0.05) is 35.8 Å². The van der Waals surface area contributed by atoms with E-state index in [1.54, 1.807) is 30.3 Å². The summed E-state index contributed by atoms with van der Waals surface area (Å²) >= 11 is 0. The first-order valence-corrected chi connectivity index (χ1v) is 14.5. The SMILES string of the molecule is CC(C)(C)c1ccc(S(=O)(=O)Nc2ccc3[nH]c(OC(=O)NC4CCOCC4)c(-c4ccccc4)c3c2)cc1. The van der Waals surface area contributed by atoms with Crippen molar-refractivity contribution in [1.29, 1.82) is 0 Å². The molecule has 0 radical (unpaired) electrons. The third-order valence-electron chi connectivity index (χ3n) is 6.85. The molecule has 1 aliphatic heterocycles. The molecular weight excluding hydrogens is 514 g/mol. The topological polar surface area (TPSA) is 110 Å². The van der Waals surface area contributed by atoms with E-state index in [9.17, 15) is 13.2 Å². The number of sulfonamides is 1. The predicted molar refractivity (Wildman–Crippen MR) is 153 cm³/mol. The molecule has 1 aromatic heterocycles. The van der Waals surface area contributed by atoms with Crippen molar-refractivity contribution in [3.8, 4) is 17.0 Å². The first-order valence-electron chi connectivity index (χ1n) is 13.0. The van der Waals surface area contributed by atoms with Crippen LogP contribution in [0.25, 0.3) is 22.0 Å². The quantitative estimate of drug-likeness (QED) is 0.266. The van der Waals surface area contributed by atoms with Crippen LogP contribution in [-0.4, -0.2) is 38.8 Å². The number of aromatic nitrogens is 1. The van der Waals surface area contributed by atoms with Crippen LogP contribution in [0.4, 0.5) is 10.5 Å². The molecular formula is C30H33N3O5S. The summed E-state index contributed by atoms with van der Waals surface area (Å²) in [6, 6.07) is 21.6. The number of fused-ring (bicyclic) bond motifs is 1. The number of carbonyl (C=O) groups is 1. The maximum atomic E-state index is 13.2. The average molecular weight is 548 g/mol. The fourth-order valence-electron chi connectivity index (χ4n) is 4.68. The fourth-order valence-corrected chi connectivity index (χ4v) is 5.73. The highest BCUT2D eigenvalue weighted by Gasteiger charge is 2.22. The van der Waals surface area contributed by atoms with Crippen LogP contribution in [0, 0.1) is 0 Å². The number of H-pyrrole nitrogens is 1. The summed E-state index contributed by atoms with van der Waals surface area (Å²) in [5.74, 6) is 0.290. The van der Waals surface area contributed by atoms with Gasteiger partial charge in [0.05, 0.1) is 10.5 Å². The minimum absolute atomic E-state index is 0.00530. The van der Waals surface area contributed by atoms with Crippen LogP contribution in [-0.2, 0) is 20.2 Å². The molecule has 0 aliphatic carbocycles. The van der Waals surface area contributed by atoms with E-state index in [-0.39, 0.29) is 16.4 Å². The molecule has 9 heteroatoms. The van der Waals surface area contributed by atoms with E-state index in [4.69, 9.17) is 9.47 Å². The number of anilines is 1. The number of amides is 1. The molecule has 0 bridgehead atoms. The third-order valence-corrected chi connectivity index (χ3v) is 8.24. The second kappa shape index (κ2) is 10.7. The van der Waals surface area contributed by atoms with E-state index in [1.165, 1.54) is 0 Å². The first-order chi connectivity index (χ1) is 18.6. The minimum atomic E-state index is -3.82. The number of hydrogen-bond donors (Lipinski definition) is 3. The Hall–Kier alpha value is -3.82. The highest BCUT2D eigenvalue weighted by molar-refractivity contribution is 7.92. The molecule has 1 saturated heterocycles. The van der Waals surface area contributed by atoms with Gasteiger partial charge >= 0.3 is 6.09 Å². The van der Waals surface area contributed by atoms with Crippen LogP contribution < -0.4 is 14.8 Å². The highest BCUT2D eigenvalue weighted by atomic mass is 32.2. The minimum Gasteiger partial charge on any atom is -0.393 e. The summed E-state index contributed by atoms with van der Waals surface area (Å²) in [5, 5.41) is 3.63. The Morgan fingerprint density at radius 3 is 2.33 bits per heavy atom. The van der Waals surface area contributed by atoms with E-state index >= 15 is 0 Å². The van der Waals surface area contributed by atoms with Crippen LogP contribution in [0.1, 0.15) is 39.2 Å². The molecule has 5 rings (SSSR count). The number of aromatic amines is 1. The predicted octanol–water partition coefficient (Wildman–Crippen LogP) is 6.20. The van der Waals surface area contributed by atoms with Gasteiger partial charge in [-0.25, -0.2) is 13.2 Å². The van der Waals surface area contributed by atoms with Gasteiger partial charge in [-0.15, -0.1) is 0 Å². The van der Waals surface area contributed by atoms with E-state index in [1.807, 2.05) is 42.5 Å². The third kappa shape index (κ3) is 6.10. The van der Waals surface area contributed by atoms with E-state index in [2.05, 4.69) is 35.8 Å². The van der Waals surface area contributed by atoms with Gasteiger partial charge in [0.15, 0.2) is 0 Å². The Bertz CT molecular complexity index is 1570. The molecule has 0 spiro atoms. The van der Waals surface area contributed by atoms with Crippen molar-refractivity contribution in [3.05, 3.63) is 78.4 Å².